The van der Waals surface area contributed by atoms with E-state index in [4.69, 9.17) is 4.74 Å². The van der Waals surface area contributed by atoms with Crippen molar-refractivity contribution in [1.29, 1.82) is 0 Å². The first-order chi connectivity index (χ1) is 5.72. The topological polar surface area (TPSA) is 9.23 Å². The largest absolute Gasteiger partial charge is 0.382 e. The number of ether oxygens (including phenoxy) is 1. The molecule has 1 unspecified atom stereocenters. The predicted octanol–water partition coefficient (Wildman–Crippen LogP) is 3.88. The maximum absolute atomic E-state index is 5.21. The third-order valence-electron chi connectivity index (χ3n) is 1.66. The summed E-state index contributed by atoms with van der Waals surface area (Å²) in [6.45, 7) is 12.6. The van der Waals surface area contributed by atoms with Crippen LogP contribution >= 0.6 is 0 Å². The molecule has 0 N–H and O–H groups in total. The lowest BCUT2D eigenvalue weighted by Crippen LogP contribution is -1.99. The molecule has 0 bridgehead atoms. The second-order valence-corrected chi connectivity index (χ2v) is 3.21. The lowest BCUT2D eigenvalue weighted by atomic mass is 10.1. The first kappa shape index (κ1) is 14.5. The van der Waals surface area contributed by atoms with Crippen molar-refractivity contribution in [2.75, 3.05) is 13.2 Å². The first-order valence-electron chi connectivity index (χ1n) is 5.30. The SMILES string of the molecule is CCC.CCOCCC(C)CC. The zero-order valence-electron chi connectivity index (χ0n) is 9.52. The number of hydrogen-bond donors (Lipinski definition) is 0. The minimum absolute atomic E-state index is 0.830. The molecule has 76 valence electrons. The molecule has 0 radical (unpaired) electrons. The molecule has 0 aromatic heterocycles. The van der Waals surface area contributed by atoms with Gasteiger partial charge in [-0.25, -0.2) is 0 Å². The van der Waals surface area contributed by atoms with Crippen molar-refractivity contribution in [3.05, 3.63) is 0 Å². The quantitative estimate of drug-likeness (QED) is 0.575. The maximum Gasteiger partial charge on any atom is 0.0468 e. The molecule has 0 spiro atoms. The Kier molecular flexibility index (Phi) is 16.3. The van der Waals surface area contributed by atoms with Gasteiger partial charge in [0.1, 0.15) is 0 Å². The molecule has 0 amide bonds. The summed E-state index contributed by atoms with van der Waals surface area (Å²) in [5.41, 5.74) is 0. The van der Waals surface area contributed by atoms with Crippen LogP contribution in [0.3, 0.4) is 0 Å². The molecule has 1 heteroatoms. The molecule has 0 saturated heterocycles. The first-order valence-corrected chi connectivity index (χ1v) is 5.30. The maximum atomic E-state index is 5.21. The van der Waals surface area contributed by atoms with Crippen LogP contribution in [0.1, 0.15) is 53.9 Å². The van der Waals surface area contributed by atoms with Gasteiger partial charge in [0.25, 0.3) is 0 Å². The molecular weight excluding hydrogens is 148 g/mol. The molecule has 1 atom stereocenters. The summed E-state index contributed by atoms with van der Waals surface area (Å²) in [5, 5.41) is 0. The van der Waals surface area contributed by atoms with E-state index in [1.54, 1.807) is 0 Å². The summed E-state index contributed by atoms with van der Waals surface area (Å²) in [4.78, 5) is 0. The lowest BCUT2D eigenvalue weighted by Gasteiger charge is -2.06. The van der Waals surface area contributed by atoms with Gasteiger partial charge in [-0.3, -0.25) is 0 Å². The van der Waals surface area contributed by atoms with Crippen molar-refractivity contribution in [3.63, 3.8) is 0 Å². The van der Waals surface area contributed by atoms with Gasteiger partial charge in [0.15, 0.2) is 0 Å². The van der Waals surface area contributed by atoms with E-state index >= 15 is 0 Å². The average molecular weight is 174 g/mol. The van der Waals surface area contributed by atoms with Crippen LogP contribution in [0.25, 0.3) is 0 Å². The van der Waals surface area contributed by atoms with Gasteiger partial charge >= 0.3 is 0 Å². The van der Waals surface area contributed by atoms with Crippen molar-refractivity contribution in [2.45, 2.75) is 53.9 Å². The van der Waals surface area contributed by atoms with Gasteiger partial charge < -0.3 is 4.74 Å². The van der Waals surface area contributed by atoms with Crippen molar-refractivity contribution in [2.24, 2.45) is 5.92 Å². The fourth-order valence-corrected chi connectivity index (χ4v) is 0.633. The number of rotatable bonds is 5. The summed E-state index contributed by atoms with van der Waals surface area (Å²) in [5.74, 6) is 0.830. The highest BCUT2D eigenvalue weighted by molar-refractivity contribution is 4.47. The van der Waals surface area contributed by atoms with Gasteiger partial charge in [-0.05, 0) is 19.3 Å². The molecule has 0 heterocycles. The Morgan fingerprint density at radius 2 is 1.58 bits per heavy atom. The standard InChI is InChI=1S/C8H18O.C3H8/c1-4-8(3)6-7-9-5-2;1-3-2/h8H,4-7H2,1-3H3;3H2,1-2H3. The molecule has 0 aliphatic rings. The highest BCUT2D eigenvalue weighted by Crippen LogP contribution is 2.05. The molecule has 0 saturated carbocycles. The monoisotopic (exact) mass is 174 g/mol. The van der Waals surface area contributed by atoms with Crippen molar-refractivity contribution < 1.29 is 4.74 Å². The van der Waals surface area contributed by atoms with Gasteiger partial charge in [-0.15, -0.1) is 0 Å². The smallest absolute Gasteiger partial charge is 0.0468 e. The molecule has 0 aromatic rings. The zero-order valence-corrected chi connectivity index (χ0v) is 9.52. The molecule has 0 aliphatic heterocycles. The number of hydrogen-bond acceptors (Lipinski definition) is 1. The Morgan fingerprint density at radius 1 is 1.08 bits per heavy atom. The van der Waals surface area contributed by atoms with E-state index in [9.17, 15) is 0 Å². The van der Waals surface area contributed by atoms with Crippen LogP contribution in [-0.4, -0.2) is 13.2 Å². The van der Waals surface area contributed by atoms with E-state index in [0.29, 0.717) is 0 Å². The minimum Gasteiger partial charge on any atom is -0.382 e. The summed E-state index contributed by atoms with van der Waals surface area (Å²) in [7, 11) is 0. The second kappa shape index (κ2) is 13.5. The Balaban J connectivity index is 0. The highest BCUT2D eigenvalue weighted by Gasteiger charge is 1.95. The van der Waals surface area contributed by atoms with E-state index in [1.165, 1.54) is 19.3 Å². The average Bonchev–Trinajstić information content (AvgIpc) is 2.06. The van der Waals surface area contributed by atoms with Gasteiger partial charge in [-0.1, -0.05) is 40.5 Å². The third-order valence-corrected chi connectivity index (χ3v) is 1.66. The van der Waals surface area contributed by atoms with Crippen molar-refractivity contribution in [3.8, 4) is 0 Å². The Bertz CT molecular complexity index is 62.0. The van der Waals surface area contributed by atoms with Crippen LogP contribution in [0, 0.1) is 5.92 Å². The lowest BCUT2D eigenvalue weighted by molar-refractivity contribution is 0.133. The van der Waals surface area contributed by atoms with Crippen LogP contribution in [0.15, 0.2) is 0 Å². The van der Waals surface area contributed by atoms with Crippen molar-refractivity contribution >= 4 is 0 Å². The Labute approximate surface area is 78.5 Å². The third kappa shape index (κ3) is 16.5. The van der Waals surface area contributed by atoms with Gasteiger partial charge in [0.05, 0.1) is 0 Å². The van der Waals surface area contributed by atoms with Gasteiger partial charge in [0.2, 0.25) is 0 Å². The fourth-order valence-electron chi connectivity index (χ4n) is 0.633. The van der Waals surface area contributed by atoms with E-state index in [-0.39, 0.29) is 0 Å². The van der Waals surface area contributed by atoms with Gasteiger partial charge in [-0.2, -0.15) is 0 Å². The highest BCUT2D eigenvalue weighted by atomic mass is 16.5. The van der Waals surface area contributed by atoms with Crippen molar-refractivity contribution in [1.82, 2.24) is 0 Å². The Morgan fingerprint density at radius 3 is 1.92 bits per heavy atom. The Hall–Kier alpha value is -0.0400. The van der Waals surface area contributed by atoms with Gasteiger partial charge in [0, 0.05) is 13.2 Å². The van der Waals surface area contributed by atoms with E-state index in [2.05, 4.69) is 27.7 Å². The van der Waals surface area contributed by atoms with Crippen LogP contribution in [0.2, 0.25) is 0 Å². The minimum atomic E-state index is 0.830. The fraction of sp³-hybridized carbons (Fsp3) is 1.00. The summed E-state index contributed by atoms with van der Waals surface area (Å²) in [6, 6.07) is 0. The summed E-state index contributed by atoms with van der Waals surface area (Å²) >= 11 is 0. The summed E-state index contributed by atoms with van der Waals surface area (Å²) in [6.07, 6.45) is 3.73. The van der Waals surface area contributed by atoms with E-state index in [0.717, 1.165) is 19.1 Å². The predicted molar refractivity (Wildman–Crippen MR) is 56.5 cm³/mol. The molecule has 12 heavy (non-hydrogen) atoms. The van der Waals surface area contributed by atoms with Crippen LogP contribution in [0.4, 0.5) is 0 Å². The zero-order chi connectivity index (χ0) is 9.82. The van der Waals surface area contributed by atoms with Crippen LogP contribution < -0.4 is 0 Å². The molecular formula is C11H26O. The molecule has 1 nitrogen and oxygen atoms in total. The van der Waals surface area contributed by atoms with E-state index in [1.807, 2.05) is 6.92 Å². The molecule has 0 aliphatic carbocycles. The molecule has 0 fully saturated rings. The normalized spacial score (nSPS) is 11.8. The molecule has 0 rings (SSSR count). The second-order valence-electron chi connectivity index (χ2n) is 3.21. The van der Waals surface area contributed by atoms with E-state index < -0.39 is 0 Å². The molecule has 0 aromatic carbocycles. The summed E-state index contributed by atoms with van der Waals surface area (Å²) < 4.78 is 5.21. The van der Waals surface area contributed by atoms with Crippen LogP contribution in [-0.2, 0) is 4.74 Å². The van der Waals surface area contributed by atoms with Crippen LogP contribution in [0.5, 0.6) is 0 Å².